The number of carbonyl (C=O) groups excluding carboxylic acids is 2. The Morgan fingerprint density at radius 2 is 1.92 bits per heavy atom. The highest BCUT2D eigenvalue weighted by atomic mass is 16.2. The molecule has 0 bridgehead atoms. The van der Waals surface area contributed by atoms with E-state index in [-0.39, 0.29) is 30.5 Å². The molecule has 0 saturated heterocycles. The zero-order valence-corrected chi connectivity index (χ0v) is 14.9. The average Bonchev–Trinajstić information content (AvgIpc) is 3.06. The molecule has 0 fully saturated rings. The summed E-state index contributed by atoms with van der Waals surface area (Å²) in [6, 6.07) is 7.67. The molecule has 0 spiro atoms. The third-order valence-corrected chi connectivity index (χ3v) is 5.22. The molecule has 4 rings (SSSR count). The minimum absolute atomic E-state index is 0.0108. The monoisotopic (exact) mass is 352 g/mol. The van der Waals surface area contributed by atoms with E-state index >= 15 is 0 Å². The van der Waals surface area contributed by atoms with Gasteiger partial charge >= 0.3 is 0 Å². The number of para-hydroxylation sites is 1. The predicted molar refractivity (Wildman–Crippen MR) is 95.6 cm³/mol. The van der Waals surface area contributed by atoms with Crippen molar-refractivity contribution in [1.29, 1.82) is 0 Å². The van der Waals surface area contributed by atoms with Crippen molar-refractivity contribution in [1.82, 2.24) is 14.5 Å². The maximum Gasteiger partial charge on any atom is 0.258 e. The number of hydrogen-bond donors (Lipinski definition) is 0. The molecule has 0 atom stereocenters. The van der Waals surface area contributed by atoms with Gasteiger partial charge in [-0.05, 0) is 25.0 Å². The Bertz CT molecular complexity index is 979. The van der Waals surface area contributed by atoms with Crippen LogP contribution in [0, 0.1) is 6.92 Å². The van der Waals surface area contributed by atoms with E-state index in [1.54, 1.807) is 23.8 Å². The molecule has 0 N–H and O–H groups in total. The highest BCUT2D eigenvalue weighted by Gasteiger charge is 2.31. The van der Waals surface area contributed by atoms with Crippen molar-refractivity contribution in [2.45, 2.75) is 32.9 Å². The fraction of sp³-hybridized carbons (Fsp3) is 0.368. The van der Waals surface area contributed by atoms with Crippen LogP contribution in [0.1, 0.15) is 29.1 Å². The van der Waals surface area contributed by atoms with E-state index in [0.29, 0.717) is 36.5 Å². The van der Waals surface area contributed by atoms with Crippen molar-refractivity contribution in [2.24, 2.45) is 7.05 Å². The summed E-state index contributed by atoms with van der Waals surface area (Å²) >= 11 is 0. The van der Waals surface area contributed by atoms with Gasteiger partial charge in [0.25, 0.3) is 5.56 Å². The second kappa shape index (κ2) is 6.09. The molecule has 7 nitrogen and oxygen atoms in total. The van der Waals surface area contributed by atoms with Gasteiger partial charge in [0.05, 0.1) is 24.3 Å². The lowest BCUT2D eigenvalue weighted by atomic mass is 10.0. The largest absolute Gasteiger partial charge is 0.331 e. The number of fused-ring (bicyclic) bond motifs is 2. The van der Waals surface area contributed by atoms with E-state index in [1.165, 1.54) is 4.57 Å². The summed E-state index contributed by atoms with van der Waals surface area (Å²) in [5.41, 5.74) is 3.00. The maximum atomic E-state index is 12.8. The van der Waals surface area contributed by atoms with Crippen LogP contribution in [-0.2, 0) is 36.1 Å². The maximum absolute atomic E-state index is 12.8. The molecule has 2 aromatic rings. The van der Waals surface area contributed by atoms with Gasteiger partial charge in [0.15, 0.2) is 0 Å². The molecule has 1 aromatic heterocycles. The number of nitrogens with zero attached hydrogens (tertiary/aromatic N) is 4. The Kier molecular flexibility index (Phi) is 3.86. The second-order valence-electron chi connectivity index (χ2n) is 6.81. The first-order chi connectivity index (χ1) is 12.5. The highest BCUT2D eigenvalue weighted by Crippen LogP contribution is 2.28. The molecular weight excluding hydrogens is 332 g/mol. The SMILES string of the molecule is Cc1nc2c(c(=O)n1C)CN(C(=O)CN1C(=O)CCc3ccccc31)C2. The van der Waals surface area contributed by atoms with Crippen LogP contribution >= 0.6 is 0 Å². The van der Waals surface area contributed by atoms with Crippen molar-refractivity contribution >= 4 is 17.5 Å². The highest BCUT2D eigenvalue weighted by molar-refractivity contribution is 6.01. The van der Waals surface area contributed by atoms with Crippen LogP contribution < -0.4 is 10.5 Å². The Morgan fingerprint density at radius 1 is 1.15 bits per heavy atom. The third kappa shape index (κ3) is 2.60. The van der Waals surface area contributed by atoms with Crippen LogP contribution in [0.25, 0.3) is 0 Å². The average molecular weight is 352 g/mol. The lowest BCUT2D eigenvalue weighted by molar-refractivity contribution is -0.132. The number of carbonyl (C=O) groups is 2. The molecule has 134 valence electrons. The van der Waals surface area contributed by atoms with Crippen molar-refractivity contribution < 1.29 is 9.59 Å². The molecule has 2 amide bonds. The summed E-state index contributed by atoms with van der Waals surface area (Å²) in [6.45, 7) is 2.32. The van der Waals surface area contributed by atoms with Crippen LogP contribution in [0.5, 0.6) is 0 Å². The minimum atomic E-state index is -0.173. The Morgan fingerprint density at radius 3 is 2.73 bits per heavy atom. The number of aryl methyl sites for hydroxylation is 2. The molecule has 0 saturated carbocycles. The van der Waals surface area contributed by atoms with Crippen molar-refractivity contribution in [3.05, 3.63) is 57.3 Å². The standard InChI is InChI=1S/C19H20N4O3/c1-12-20-15-10-22(9-14(15)19(26)21(12)2)18(25)11-23-16-6-4-3-5-13(16)7-8-17(23)24/h3-6H,7-11H2,1-2H3. The van der Waals surface area contributed by atoms with Crippen LogP contribution in [0.2, 0.25) is 0 Å². The first-order valence-corrected chi connectivity index (χ1v) is 8.67. The van der Waals surface area contributed by atoms with Crippen LogP contribution in [0.15, 0.2) is 29.1 Å². The lowest BCUT2D eigenvalue weighted by Gasteiger charge is -2.30. The molecule has 0 unspecified atom stereocenters. The summed E-state index contributed by atoms with van der Waals surface area (Å²) < 4.78 is 1.50. The number of aromatic nitrogens is 2. The summed E-state index contributed by atoms with van der Waals surface area (Å²) in [5, 5.41) is 0. The van der Waals surface area contributed by atoms with E-state index in [2.05, 4.69) is 4.98 Å². The van der Waals surface area contributed by atoms with Crippen molar-refractivity contribution in [3.8, 4) is 0 Å². The number of benzene rings is 1. The van der Waals surface area contributed by atoms with Crippen molar-refractivity contribution in [2.75, 3.05) is 11.4 Å². The Labute approximate surface area is 150 Å². The molecule has 1 aromatic carbocycles. The minimum Gasteiger partial charge on any atom is -0.331 e. The number of anilines is 1. The smallest absolute Gasteiger partial charge is 0.258 e. The summed E-state index contributed by atoms with van der Waals surface area (Å²) in [6.07, 6.45) is 1.11. The van der Waals surface area contributed by atoms with Gasteiger partial charge in [-0.25, -0.2) is 4.98 Å². The molecule has 0 radical (unpaired) electrons. The topological polar surface area (TPSA) is 75.5 Å². The van der Waals surface area contributed by atoms with E-state index in [1.807, 2.05) is 24.3 Å². The summed E-state index contributed by atoms with van der Waals surface area (Å²) in [4.78, 5) is 45.1. The lowest BCUT2D eigenvalue weighted by Crippen LogP contribution is -2.43. The number of amides is 2. The normalized spacial score (nSPS) is 15.8. The van der Waals surface area contributed by atoms with Gasteiger partial charge in [-0.2, -0.15) is 0 Å². The van der Waals surface area contributed by atoms with E-state index in [9.17, 15) is 14.4 Å². The zero-order valence-electron chi connectivity index (χ0n) is 14.9. The van der Waals surface area contributed by atoms with Gasteiger partial charge in [-0.15, -0.1) is 0 Å². The predicted octanol–water partition coefficient (Wildman–Crippen LogP) is 0.910. The molecule has 0 aliphatic carbocycles. The van der Waals surface area contributed by atoms with Crippen LogP contribution in [-0.4, -0.2) is 32.8 Å². The fourth-order valence-corrected chi connectivity index (χ4v) is 3.61. The van der Waals surface area contributed by atoms with Gasteiger partial charge < -0.3 is 9.80 Å². The van der Waals surface area contributed by atoms with Crippen LogP contribution in [0.3, 0.4) is 0 Å². The molecule has 26 heavy (non-hydrogen) atoms. The quantitative estimate of drug-likeness (QED) is 0.805. The first-order valence-electron chi connectivity index (χ1n) is 8.67. The zero-order chi connectivity index (χ0) is 18.4. The van der Waals surface area contributed by atoms with E-state index < -0.39 is 0 Å². The number of rotatable bonds is 2. The Balaban J connectivity index is 1.56. The summed E-state index contributed by atoms with van der Waals surface area (Å²) in [5.74, 6) is 0.412. The van der Waals surface area contributed by atoms with E-state index in [0.717, 1.165) is 11.3 Å². The van der Waals surface area contributed by atoms with Crippen molar-refractivity contribution in [3.63, 3.8) is 0 Å². The summed E-state index contributed by atoms with van der Waals surface area (Å²) in [7, 11) is 1.68. The van der Waals surface area contributed by atoms with Gasteiger partial charge in [0.1, 0.15) is 12.4 Å². The third-order valence-electron chi connectivity index (χ3n) is 5.22. The fourth-order valence-electron chi connectivity index (χ4n) is 3.61. The van der Waals surface area contributed by atoms with Gasteiger partial charge in [-0.3, -0.25) is 19.0 Å². The van der Waals surface area contributed by atoms with E-state index in [4.69, 9.17) is 0 Å². The second-order valence-corrected chi connectivity index (χ2v) is 6.81. The molecular formula is C19H20N4O3. The van der Waals surface area contributed by atoms with Crippen LogP contribution in [0.4, 0.5) is 5.69 Å². The molecule has 3 heterocycles. The number of hydrogen-bond acceptors (Lipinski definition) is 4. The first kappa shape index (κ1) is 16.5. The Hall–Kier alpha value is -2.96. The molecule has 7 heteroatoms. The van der Waals surface area contributed by atoms with Gasteiger partial charge in [0, 0.05) is 19.2 Å². The molecule has 2 aliphatic rings. The molecule has 2 aliphatic heterocycles. The van der Waals surface area contributed by atoms with Gasteiger partial charge in [-0.1, -0.05) is 18.2 Å². The van der Waals surface area contributed by atoms with Gasteiger partial charge in [0.2, 0.25) is 11.8 Å².